The smallest absolute Gasteiger partial charge is 0.122 e. The molecule has 1 N–H and O–H groups in total. The number of hydrogen-bond donors (Lipinski definition) is 1. The first-order valence-corrected chi connectivity index (χ1v) is 8.49. The molecule has 1 saturated heterocycles. The highest BCUT2D eigenvalue weighted by atomic mass is 16.5. The van der Waals surface area contributed by atoms with Gasteiger partial charge in [0.1, 0.15) is 11.9 Å². The molecule has 1 fully saturated rings. The average Bonchev–Trinajstić information content (AvgIpc) is 2.55. The first-order valence-electron chi connectivity index (χ1n) is 8.49. The van der Waals surface area contributed by atoms with Crippen LogP contribution in [0, 0.1) is 0 Å². The fourth-order valence-electron chi connectivity index (χ4n) is 3.28. The van der Waals surface area contributed by atoms with Crippen LogP contribution in [0.15, 0.2) is 24.3 Å². The first kappa shape index (κ1) is 14.9. The zero-order valence-electron chi connectivity index (χ0n) is 12.9. The minimum atomic E-state index is 0.325. The maximum Gasteiger partial charge on any atom is 0.122 e. The number of benzene rings is 1. The molecule has 2 heterocycles. The van der Waals surface area contributed by atoms with E-state index < -0.39 is 0 Å². The monoisotopic (exact) mass is 289 g/mol. The summed E-state index contributed by atoms with van der Waals surface area (Å²) < 4.78 is 11.8. The summed E-state index contributed by atoms with van der Waals surface area (Å²) in [5.41, 5.74) is 1.35. The van der Waals surface area contributed by atoms with E-state index in [1.807, 2.05) is 0 Å². The Morgan fingerprint density at radius 3 is 2.95 bits per heavy atom. The molecule has 0 aliphatic carbocycles. The molecular formula is C18H27NO2. The number of rotatable bonds is 6. The van der Waals surface area contributed by atoms with Crippen LogP contribution in [0.5, 0.6) is 5.75 Å². The Bertz CT molecular complexity index is 429. The fraction of sp³-hybridized carbons (Fsp3) is 0.667. The van der Waals surface area contributed by atoms with Crippen molar-refractivity contribution in [2.24, 2.45) is 0 Å². The van der Waals surface area contributed by atoms with E-state index in [9.17, 15) is 0 Å². The van der Waals surface area contributed by atoms with Crippen LogP contribution in [0.4, 0.5) is 0 Å². The summed E-state index contributed by atoms with van der Waals surface area (Å²) in [5.74, 6) is 1.08. The summed E-state index contributed by atoms with van der Waals surface area (Å²) in [6, 6.07) is 8.40. The van der Waals surface area contributed by atoms with Crippen LogP contribution in [0.3, 0.4) is 0 Å². The highest BCUT2D eigenvalue weighted by Gasteiger charge is 2.18. The molecule has 0 amide bonds. The van der Waals surface area contributed by atoms with E-state index in [1.54, 1.807) is 0 Å². The predicted molar refractivity (Wildman–Crippen MR) is 84.9 cm³/mol. The lowest BCUT2D eigenvalue weighted by atomic mass is 10.0. The van der Waals surface area contributed by atoms with Crippen molar-refractivity contribution in [2.75, 3.05) is 19.7 Å². The molecule has 0 bridgehead atoms. The summed E-state index contributed by atoms with van der Waals surface area (Å²) in [6.45, 7) is 2.99. The van der Waals surface area contributed by atoms with Gasteiger partial charge in [-0.2, -0.15) is 0 Å². The second kappa shape index (κ2) is 7.81. The molecule has 0 radical (unpaired) electrons. The van der Waals surface area contributed by atoms with Gasteiger partial charge in [0.15, 0.2) is 0 Å². The van der Waals surface area contributed by atoms with Crippen molar-refractivity contribution in [3.8, 4) is 5.75 Å². The number of ether oxygens (including phenoxy) is 2. The van der Waals surface area contributed by atoms with Gasteiger partial charge in [-0.05, 0) is 63.1 Å². The van der Waals surface area contributed by atoms with Gasteiger partial charge >= 0.3 is 0 Å². The van der Waals surface area contributed by atoms with Crippen LogP contribution in [-0.4, -0.2) is 31.9 Å². The number of nitrogens with one attached hydrogen (secondary N) is 1. The summed E-state index contributed by atoms with van der Waals surface area (Å²) in [6.07, 6.45) is 9.33. The van der Waals surface area contributed by atoms with Gasteiger partial charge in [-0.25, -0.2) is 0 Å². The molecule has 3 rings (SSSR count). The zero-order valence-corrected chi connectivity index (χ0v) is 12.9. The molecule has 0 aromatic heterocycles. The lowest BCUT2D eigenvalue weighted by Crippen LogP contribution is -2.34. The Kier molecular flexibility index (Phi) is 5.53. The Morgan fingerprint density at radius 2 is 2.05 bits per heavy atom. The van der Waals surface area contributed by atoms with Gasteiger partial charge in [0.25, 0.3) is 0 Å². The minimum absolute atomic E-state index is 0.325. The first-order chi connectivity index (χ1) is 10.4. The normalized spacial score (nSPS) is 25.1. The van der Waals surface area contributed by atoms with Gasteiger partial charge < -0.3 is 14.8 Å². The molecule has 2 atom stereocenters. The van der Waals surface area contributed by atoms with E-state index in [0.29, 0.717) is 12.2 Å². The van der Waals surface area contributed by atoms with Crippen molar-refractivity contribution in [2.45, 2.75) is 57.2 Å². The average molecular weight is 289 g/mol. The molecule has 2 unspecified atom stereocenters. The highest BCUT2D eigenvalue weighted by molar-refractivity contribution is 5.35. The van der Waals surface area contributed by atoms with Crippen molar-refractivity contribution in [3.05, 3.63) is 29.8 Å². The van der Waals surface area contributed by atoms with Crippen molar-refractivity contribution in [3.63, 3.8) is 0 Å². The number of aryl methyl sites for hydroxylation is 1. The summed E-state index contributed by atoms with van der Waals surface area (Å²) in [4.78, 5) is 0. The zero-order chi connectivity index (χ0) is 14.3. The van der Waals surface area contributed by atoms with Gasteiger partial charge in [-0.3, -0.25) is 0 Å². The van der Waals surface area contributed by atoms with Crippen LogP contribution in [0.2, 0.25) is 0 Å². The molecule has 21 heavy (non-hydrogen) atoms. The van der Waals surface area contributed by atoms with Crippen LogP contribution < -0.4 is 10.1 Å². The Morgan fingerprint density at radius 1 is 1.10 bits per heavy atom. The molecule has 3 heteroatoms. The Labute approximate surface area is 128 Å². The topological polar surface area (TPSA) is 30.5 Å². The Balaban J connectivity index is 1.30. The number of hydrogen-bond acceptors (Lipinski definition) is 3. The third kappa shape index (κ3) is 4.45. The van der Waals surface area contributed by atoms with Gasteiger partial charge in [0.05, 0.1) is 6.10 Å². The predicted octanol–water partition coefficient (Wildman–Crippen LogP) is 3.32. The van der Waals surface area contributed by atoms with Crippen LogP contribution in [0.25, 0.3) is 0 Å². The summed E-state index contributed by atoms with van der Waals surface area (Å²) in [7, 11) is 0. The van der Waals surface area contributed by atoms with E-state index in [2.05, 4.69) is 29.6 Å². The largest absolute Gasteiger partial charge is 0.489 e. The SMILES string of the molecule is c1ccc2c(c1)CCC(CNCCCC1CCCCO1)O2. The van der Waals surface area contributed by atoms with E-state index in [1.165, 1.54) is 37.7 Å². The minimum Gasteiger partial charge on any atom is -0.489 e. The standard InChI is InChI=1S/C18H27NO2/c1-2-9-18-15(6-1)10-11-17(21-18)14-19-12-5-8-16-7-3-4-13-20-16/h1-2,6,9,16-17,19H,3-5,7-8,10-14H2. The fourth-order valence-corrected chi connectivity index (χ4v) is 3.28. The molecule has 2 aliphatic heterocycles. The van der Waals surface area contributed by atoms with Crippen LogP contribution in [0.1, 0.15) is 44.1 Å². The third-order valence-corrected chi connectivity index (χ3v) is 4.53. The summed E-state index contributed by atoms with van der Waals surface area (Å²) >= 11 is 0. The molecular weight excluding hydrogens is 262 g/mol. The van der Waals surface area contributed by atoms with Gasteiger partial charge in [-0.15, -0.1) is 0 Å². The molecule has 1 aromatic carbocycles. The maximum absolute atomic E-state index is 6.04. The molecule has 116 valence electrons. The van der Waals surface area contributed by atoms with Crippen molar-refractivity contribution < 1.29 is 9.47 Å². The van der Waals surface area contributed by atoms with E-state index in [-0.39, 0.29) is 0 Å². The molecule has 1 aromatic rings. The Hall–Kier alpha value is -1.06. The van der Waals surface area contributed by atoms with Crippen LogP contribution in [-0.2, 0) is 11.2 Å². The van der Waals surface area contributed by atoms with Crippen molar-refractivity contribution in [1.29, 1.82) is 0 Å². The van der Waals surface area contributed by atoms with Gasteiger partial charge in [0.2, 0.25) is 0 Å². The lowest BCUT2D eigenvalue weighted by molar-refractivity contribution is 0.0101. The molecule has 3 nitrogen and oxygen atoms in total. The summed E-state index contributed by atoms with van der Waals surface area (Å²) in [5, 5.41) is 3.54. The molecule has 0 saturated carbocycles. The van der Waals surface area contributed by atoms with Gasteiger partial charge in [0, 0.05) is 13.2 Å². The second-order valence-corrected chi connectivity index (χ2v) is 6.22. The van der Waals surface area contributed by atoms with Crippen LogP contribution >= 0.6 is 0 Å². The number of fused-ring (bicyclic) bond motifs is 1. The maximum atomic E-state index is 6.04. The van der Waals surface area contributed by atoms with E-state index in [0.717, 1.165) is 38.3 Å². The quantitative estimate of drug-likeness (QED) is 0.815. The van der Waals surface area contributed by atoms with Crippen molar-refractivity contribution >= 4 is 0 Å². The third-order valence-electron chi connectivity index (χ3n) is 4.53. The lowest BCUT2D eigenvalue weighted by Gasteiger charge is -2.26. The second-order valence-electron chi connectivity index (χ2n) is 6.22. The molecule has 2 aliphatic rings. The highest BCUT2D eigenvalue weighted by Crippen LogP contribution is 2.26. The van der Waals surface area contributed by atoms with Crippen molar-refractivity contribution in [1.82, 2.24) is 5.32 Å². The van der Waals surface area contributed by atoms with E-state index >= 15 is 0 Å². The van der Waals surface area contributed by atoms with Gasteiger partial charge in [-0.1, -0.05) is 18.2 Å². The van der Waals surface area contributed by atoms with E-state index in [4.69, 9.17) is 9.47 Å². The number of para-hydroxylation sites is 1. The molecule has 0 spiro atoms.